The van der Waals surface area contributed by atoms with Crippen LogP contribution in [0.1, 0.15) is 162 Å². The summed E-state index contributed by atoms with van der Waals surface area (Å²) in [5, 5.41) is 11.7. The van der Waals surface area contributed by atoms with Crippen LogP contribution < -0.4 is 5.11 Å². The van der Waals surface area contributed by atoms with Gasteiger partial charge in [-0.05, 0) is 70.6 Å². The predicted octanol–water partition coefficient (Wildman–Crippen LogP) is 13.4. The summed E-state index contributed by atoms with van der Waals surface area (Å²) in [5.74, 6) is -1.82. The van der Waals surface area contributed by atoms with E-state index in [0.717, 1.165) is 77.0 Å². The maximum absolute atomic E-state index is 12.8. The van der Waals surface area contributed by atoms with Gasteiger partial charge in [0.05, 0.1) is 40.3 Å². The largest absolute Gasteiger partial charge is 0.544 e. The molecule has 0 saturated carbocycles. The fourth-order valence-electron chi connectivity index (χ4n) is 6.63. The van der Waals surface area contributed by atoms with Crippen LogP contribution >= 0.6 is 0 Å². The Bertz CT molecular complexity index is 1530. The number of unbranched alkanes of at least 4 members (excludes halogenated alkanes) is 13. The summed E-state index contributed by atoms with van der Waals surface area (Å²) in [4.78, 5) is 37.0. The normalized spacial score (nSPS) is 14.0. The molecule has 0 heterocycles. The third kappa shape index (κ3) is 44.7. The maximum atomic E-state index is 12.8. The summed E-state index contributed by atoms with van der Waals surface area (Å²) in [7, 11) is 5.38. The average molecular weight is 914 g/mol. The second-order valence-electron chi connectivity index (χ2n) is 17.5. The van der Waals surface area contributed by atoms with E-state index in [1.165, 1.54) is 44.9 Å². The first-order valence-corrected chi connectivity index (χ1v) is 25.3. The van der Waals surface area contributed by atoms with Crippen molar-refractivity contribution in [3.05, 3.63) is 134 Å². The Hall–Kier alpha value is -4.53. The van der Waals surface area contributed by atoms with Crippen molar-refractivity contribution in [1.29, 1.82) is 0 Å². The van der Waals surface area contributed by atoms with Gasteiger partial charge in [-0.1, -0.05) is 205 Å². The lowest BCUT2D eigenvalue weighted by Gasteiger charge is -2.34. The highest BCUT2D eigenvalue weighted by Gasteiger charge is 2.25. The molecule has 0 rings (SSSR count). The van der Waals surface area contributed by atoms with Crippen LogP contribution in [0.3, 0.4) is 0 Å². The fourth-order valence-corrected chi connectivity index (χ4v) is 6.63. The number of nitrogens with zero attached hydrogens (tertiary/aromatic N) is 1. The van der Waals surface area contributed by atoms with Crippen molar-refractivity contribution in [2.24, 2.45) is 0 Å². The quantitative estimate of drug-likeness (QED) is 0.0197. The number of rotatable bonds is 43. The number of quaternary nitrogens is 1. The SMILES string of the molecule is CC/C=C/C=C/C=C/C=C/C=C/C=C/C=C/CCCCCC(=O)OC(COCCC(C(=O)[O-])[N+](C)(C)C)COC(=O)CCCCCCCCCCCC/C=C/C/C=C/C/C=C/C/C=C/CC. The molecular formula is C58H91NO7. The molecule has 0 fully saturated rings. The molecule has 0 saturated heterocycles. The number of hydrogen-bond acceptors (Lipinski definition) is 7. The molecule has 8 nitrogen and oxygen atoms in total. The predicted molar refractivity (Wildman–Crippen MR) is 277 cm³/mol. The molecule has 0 aromatic rings. The lowest BCUT2D eigenvalue weighted by Crippen LogP contribution is -2.55. The summed E-state index contributed by atoms with van der Waals surface area (Å²) < 4.78 is 17.2. The molecule has 0 aromatic heterocycles. The molecule has 66 heavy (non-hydrogen) atoms. The topological polar surface area (TPSA) is 102 Å². The molecule has 0 aromatic carbocycles. The summed E-state index contributed by atoms with van der Waals surface area (Å²) in [5.41, 5.74) is 0. The van der Waals surface area contributed by atoms with Gasteiger partial charge in [0.1, 0.15) is 12.6 Å². The van der Waals surface area contributed by atoms with Gasteiger partial charge in [0.15, 0.2) is 6.10 Å². The van der Waals surface area contributed by atoms with Gasteiger partial charge in [0, 0.05) is 19.3 Å². The number of likely N-dealkylation sites (N-methyl/N-ethyl adjacent to an activating group) is 1. The second kappa shape index (κ2) is 47.0. The zero-order valence-electron chi connectivity index (χ0n) is 42.0. The molecule has 0 N–H and O–H groups in total. The molecule has 0 aliphatic carbocycles. The summed E-state index contributed by atoms with van der Waals surface area (Å²) in [6.07, 6.45) is 67.6. The summed E-state index contributed by atoms with van der Waals surface area (Å²) in [6.45, 7) is 4.33. The highest BCUT2D eigenvalue weighted by Crippen LogP contribution is 2.14. The minimum absolute atomic E-state index is 0.0108. The lowest BCUT2D eigenvalue weighted by atomic mass is 10.1. The Kier molecular flexibility index (Phi) is 43.8. The van der Waals surface area contributed by atoms with E-state index >= 15 is 0 Å². The Morgan fingerprint density at radius 2 is 0.879 bits per heavy atom. The van der Waals surface area contributed by atoms with E-state index in [4.69, 9.17) is 14.2 Å². The lowest BCUT2D eigenvalue weighted by molar-refractivity contribution is -0.889. The van der Waals surface area contributed by atoms with E-state index in [9.17, 15) is 19.5 Å². The van der Waals surface area contributed by atoms with Crippen molar-refractivity contribution >= 4 is 17.9 Å². The molecule has 0 spiro atoms. The van der Waals surface area contributed by atoms with E-state index < -0.39 is 18.1 Å². The van der Waals surface area contributed by atoms with Crippen LogP contribution in [-0.4, -0.2) is 75.5 Å². The number of hydrogen-bond donors (Lipinski definition) is 0. The van der Waals surface area contributed by atoms with E-state index in [1.807, 2.05) is 72.9 Å². The fraction of sp³-hybridized carbons (Fsp3) is 0.569. The van der Waals surface area contributed by atoms with E-state index in [1.54, 1.807) is 21.1 Å². The number of allylic oxidation sites excluding steroid dienone is 22. The van der Waals surface area contributed by atoms with Gasteiger partial charge in [-0.25, -0.2) is 0 Å². The van der Waals surface area contributed by atoms with Crippen molar-refractivity contribution in [2.75, 3.05) is 41.0 Å². The van der Waals surface area contributed by atoms with Gasteiger partial charge < -0.3 is 28.6 Å². The molecule has 2 atom stereocenters. The van der Waals surface area contributed by atoms with E-state index in [2.05, 4.69) is 74.6 Å². The molecule has 8 heteroatoms. The van der Waals surface area contributed by atoms with Crippen LogP contribution in [0.4, 0.5) is 0 Å². The Morgan fingerprint density at radius 3 is 1.38 bits per heavy atom. The van der Waals surface area contributed by atoms with Crippen LogP contribution in [0.15, 0.2) is 134 Å². The molecule has 370 valence electrons. The standard InChI is InChI=1S/C58H91NO7/c1-6-8-10-12-14-16-18-20-22-24-26-27-28-29-31-32-34-36-38-40-42-44-46-48-56(60)65-53-54(52-64-51-50-55(58(62)63)59(3,4)5)66-57(61)49-47-45-43-41-39-37-35-33-30-25-23-21-19-17-15-13-11-9-7-2/h8-11,13-17,19-23,25-27,30,33,35,37,39,54-55H,6-7,12,18,24,28-29,31-32,34,36,38,40-53H2,1-5H3/b10-8+,11-9+,15-13+,16-14+,19-17+,22-20+,23-21+,27-26+,30-25+,35-33+,39-37+. The first-order chi connectivity index (χ1) is 32.1. The Balaban J connectivity index is 4.37. The Labute approximate surface area is 403 Å². The zero-order chi connectivity index (χ0) is 48.4. The van der Waals surface area contributed by atoms with Gasteiger partial charge in [0.25, 0.3) is 0 Å². The Morgan fingerprint density at radius 1 is 0.470 bits per heavy atom. The van der Waals surface area contributed by atoms with Crippen molar-refractivity contribution in [2.45, 2.75) is 174 Å². The molecule has 2 unspecified atom stereocenters. The highest BCUT2D eigenvalue weighted by molar-refractivity contribution is 5.70. The highest BCUT2D eigenvalue weighted by atomic mass is 16.6. The van der Waals surface area contributed by atoms with Crippen LogP contribution in [-0.2, 0) is 28.6 Å². The molecule has 0 aliphatic rings. The van der Waals surface area contributed by atoms with Gasteiger partial charge in [-0.3, -0.25) is 9.59 Å². The van der Waals surface area contributed by atoms with Crippen molar-refractivity contribution in [1.82, 2.24) is 0 Å². The maximum Gasteiger partial charge on any atom is 0.306 e. The first kappa shape index (κ1) is 61.5. The van der Waals surface area contributed by atoms with Crippen molar-refractivity contribution in [3.8, 4) is 0 Å². The first-order valence-electron chi connectivity index (χ1n) is 25.3. The minimum atomic E-state index is -1.14. The molecule has 0 amide bonds. The molecular weight excluding hydrogens is 823 g/mol. The molecule has 0 bridgehead atoms. The number of aliphatic carboxylic acids is 1. The third-order valence-electron chi connectivity index (χ3n) is 10.5. The number of carbonyl (C=O) groups is 3. The number of carboxylic acids is 1. The molecule has 0 radical (unpaired) electrons. The van der Waals surface area contributed by atoms with E-state index in [0.29, 0.717) is 12.8 Å². The summed E-state index contributed by atoms with van der Waals surface area (Å²) in [6, 6.07) is -0.745. The molecule has 0 aliphatic heterocycles. The van der Waals surface area contributed by atoms with Crippen LogP contribution in [0.2, 0.25) is 0 Å². The van der Waals surface area contributed by atoms with Crippen molar-refractivity contribution in [3.63, 3.8) is 0 Å². The number of carbonyl (C=O) groups excluding carboxylic acids is 3. The minimum Gasteiger partial charge on any atom is -0.544 e. The number of ether oxygens (including phenoxy) is 3. The van der Waals surface area contributed by atoms with Gasteiger partial charge in [-0.2, -0.15) is 0 Å². The zero-order valence-corrected chi connectivity index (χ0v) is 42.0. The van der Waals surface area contributed by atoms with Gasteiger partial charge in [0.2, 0.25) is 0 Å². The van der Waals surface area contributed by atoms with Crippen molar-refractivity contribution < 1.29 is 38.2 Å². The third-order valence-corrected chi connectivity index (χ3v) is 10.5. The van der Waals surface area contributed by atoms with E-state index in [-0.39, 0.29) is 49.1 Å². The van der Waals surface area contributed by atoms with Gasteiger partial charge >= 0.3 is 11.9 Å². The smallest absolute Gasteiger partial charge is 0.306 e. The van der Waals surface area contributed by atoms with Gasteiger partial charge in [-0.15, -0.1) is 0 Å². The number of esters is 2. The number of carboxylic acid groups (broad SMARTS) is 1. The van der Waals surface area contributed by atoms with Crippen LogP contribution in [0.25, 0.3) is 0 Å². The monoisotopic (exact) mass is 914 g/mol. The van der Waals surface area contributed by atoms with Crippen LogP contribution in [0.5, 0.6) is 0 Å². The second-order valence-corrected chi connectivity index (χ2v) is 17.5. The average Bonchev–Trinajstić information content (AvgIpc) is 3.28. The summed E-state index contributed by atoms with van der Waals surface area (Å²) >= 11 is 0. The van der Waals surface area contributed by atoms with Crippen LogP contribution in [0, 0.1) is 0 Å².